The zero-order valence-electron chi connectivity index (χ0n) is 13.8. The van der Waals surface area contributed by atoms with Crippen LogP contribution in [0.3, 0.4) is 0 Å². The molecule has 0 unspecified atom stereocenters. The van der Waals surface area contributed by atoms with Gasteiger partial charge in [-0.2, -0.15) is 0 Å². The van der Waals surface area contributed by atoms with Crippen molar-refractivity contribution in [3.8, 4) is 11.5 Å². The molecule has 0 atom stereocenters. The van der Waals surface area contributed by atoms with Crippen molar-refractivity contribution in [3.63, 3.8) is 0 Å². The van der Waals surface area contributed by atoms with Crippen molar-refractivity contribution in [2.24, 2.45) is 0 Å². The summed E-state index contributed by atoms with van der Waals surface area (Å²) in [4.78, 5) is 30.7. The van der Waals surface area contributed by atoms with E-state index in [1.165, 1.54) is 17.8 Å². The summed E-state index contributed by atoms with van der Waals surface area (Å²) in [5.74, 6) is 1.25. The number of nitrogens with zero attached hydrogens (tertiary/aromatic N) is 1. The number of carbonyl (C=O) groups excluding carboxylic acids is 1. The third-order valence-electron chi connectivity index (χ3n) is 3.45. The first-order valence-electron chi connectivity index (χ1n) is 8.06. The third-order valence-corrected chi connectivity index (χ3v) is 4.32. The molecule has 0 radical (unpaired) electrons. The van der Waals surface area contributed by atoms with Crippen LogP contribution in [0.1, 0.15) is 19.0 Å². The van der Waals surface area contributed by atoms with Gasteiger partial charge in [-0.3, -0.25) is 9.59 Å². The minimum Gasteiger partial charge on any atom is -0.486 e. The van der Waals surface area contributed by atoms with Gasteiger partial charge in [0.2, 0.25) is 5.91 Å². The van der Waals surface area contributed by atoms with Crippen LogP contribution in [-0.4, -0.2) is 34.8 Å². The highest BCUT2D eigenvalue weighted by Gasteiger charge is 2.13. The largest absolute Gasteiger partial charge is 0.486 e. The molecular weight excluding hydrogens is 342 g/mol. The maximum atomic E-state index is 12.1. The highest BCUT2D eigenvalue weighted by atomic mass is 32.2. The van der Waals surface area contributed by atoms with Crippen molar-refractivity contribution in [3.05, 3.63) is 40.3 Å². The average Bonchev–Trinajstić information content (AvgIpc) is 2.60. The van der Waals surface area contributed by atoms with E-state index in [-0.39, 0.29) is 17.2 Å². The van der Waals surface area contributed by atoms with E-state index >= 15 is 0 Å². The molecule has 25 heavy (non-hydrogen) atoms. The lowest BCUT2D eigenvalue weighted by Gasteiger charge is -2.18. The second-order valence-corrected chi connectivity index (χ2v) is 6.45. The Morgan fingerprint density at radius 1 is 1.28 bits per heavy atom. The summed E-state index contributed by atoms with van der Waals surface area (Å²) >= 11 is 1.20. The second kappa shape index (κ2) is 8.06. The monoisotopic (exact) mass is 361 g/mol. The Kier molecular flexibility index (Phi) is 5.60. The molecule has 0 fully saturated rings. The minimum atomic E-state index is -0.201. The molecule has 0 saturated heterocycles. The number of hydrogen-bond donors (Lipinski definition) is 2. The number of thioether (sulfide) groups is 1. The molecule has 1 aliphatic heterocycles. The Morgan fingerprint density at radius 3 is 2.88 bits per heavy atom. The molecule has 1 amide bonds. The van der Waals surface area contributed by atoms with Crippen LogP contribution in [0.2, 0.25) is 0 Å². The van der Waals surface area contributed by atoms with Gasteiger partial charge < -0.3 is 19.8 Å². The van der Waals surface area contributed by atoms with Crippen LogP contribution >= 0.6 is 11.8 Å². The molecule has 0 spiro atoms. The number of nitrogens with one attached hydrogen (secondary N) is 2. The van der Waals surface area contributed by atoms with Gasteiger partial charge in [-0.05, 0) is 18.6 Å². The van der Waals surface area contributed by atoms with Gasteiger partial charge in [0, 0.05) is 23.5 Å². The van der Waals surface area contributed by atoms with Crippen molar-refractivity contribution >= 4 is 23.4 Å². The lowest BCUT2D eigenvalue weighted by molar-refractivity contribution is -0.113. The van der Waals surface area contributed by atoms with E-state index in [0.29, 0.717) is 35.6 Å². The number of hydrogen-bond acceptors (Lipinski definition) is 6. The SMILES string of the molecule is CCCc1cc(=O)[nH]c(SCC(=O)Nc2ccc3c(c2)OCCO3)n1. The molecule has 1 aromatic carbocycles. The number of rotatable bonds is 6. The maximum absolute atomic E-state index is 12.1. The number of carbonyl (C=O) groups is 1. The van der Waals surface area contributed by atoms with Crippen molar-refractivity contribution in [2.45, 2.75) is 24.9 Å². The normalized spacial score (nSPS) is 12.7. The van der Waals surface area contributed by atoms with Gasteiger partial charge in [0.1, 0.15) is 13.2 Å². The smallest absolute Gasteiger partial charge is 0.251 e. The van der Waals surface area contributed by atoms with Crippen molar-refractivity contribution in [2.75, 3.05) is 24.3 Å². The Hall–Kier alpha value is -2.48. The minimum absolute atomic E-state index is 0.146. The Morgan fingerprint density at radius 2 is 2.08 bits per heavy atom. The molecule has 7 nitrogen and oxygen atoms in total. The third kappa shape index (κ3) is 4.76. The van der Waals surface area contributed by atoms with Crippen LogP contribution in [0.15, 0.2) is 34.2 Å². The number of fused-ring (bicyclic) bond motifs is 1. The summed E-state index contributed by atoms with van der Waals surface area (Å²) in [7, 11) is 0. The van der Waals surface area contributed by atoms with Gasteiger partial charge in [-0.25, -0.2) is 4.98 Å². The van der Waals surface area contributed by atoms with E-state index in [9.17, 15) is 9.59 Å². The first kappa shape index (κ1) is 17.3. The van der Waals surface area contributed by atoms with E-state index in [2.05, 4.69) is 15.3 Å². The van der Waals surface area contributed by atoms with Gasteiger partial charge in [0.15, 0.2) is 16.7 Å². The topological polar surface area (TPSA) is 93.3 Å². The molecule has 0 saturated carbocycles. The number of aromatic amines is 1. The first-order valence-corrected chi connectivity index (χ1v) is 9.05. The van der Waals surface area contributed by atoms with Crippen LogP contribution in [0.4, 0.5) is 5.69 Å². The molecule has 1 aromatic heterocycles. The van der Waals surface area contributed by atoms with Crippen LogP contribution in [-0.2, 0) is 11.2 Å². The molecule has 132 valence electrons. The standard InChI is InChI=1S/C17H19N3O4S/c1-2-3-11-9-15(21)20-17(19-11)25-10-16(22)18-12-4-5-13-14(8-12)24-7-6-23-13/h4-5,8-9H,2-3,6-7,10H2,1H3,(H,18,22)(H,19,20,21). The highest BCUT2D eigenvalue weighted by molar-refractivity contribution is 7.99. The van der Waals surface area contributed by atoms with E-state index < -0.39 is 0 Å². The van der Waals surface area contributed by atoms with Crippen molar-refractivity contribution < 1.29 is 14.3 Å². The molecule has 1 aliphatic rings. The van der Waals surface area contributed by atoms with Crippen LogP contribution < -0.4 is 20.3 Å². The van der Waals surface area contributed by atoms with Gasteiger partial charge in [-0.15, -0.1) is 0 Å². The molecule has 3 rings (SSSR count). The summed E-state index contributed by atoms with van der Waals surface area (Å²) in [6.07, 6.45) is 1.64. The van der Waals surface area contributed by atoms with Gasteiger partial charge in [0.05, 0.1) is 5.75 Å². The van der Waals surface area contributed by atoms with Gasteiger partial charge in [0.25, 0.3) is 5.56 Å². The van der Waals surface area contributed by atoms with Crippen LogP contribution in [0, 0.1) is 0 Å². The summed E-state index contributed by atoms with van der Waals surface area (Å²) in [5.41, 5.74) is 1.17. The summed E-state index contributed by atoms with van der Waals surface area (Å²) in [6.45, 7) is 3.04. The van der Waals surface area contributed by atoms with Crippen molar-refractivity contribution in [1.82, 2.24) is 9.97 Å². The van der Waals surface area contributed by atoms with Gasteiger partial charge >= 0.3 is 0 Å². The number of amides is 1. The van der Waals surface area contributed by atoms with Crippen LogP contribution in [0.5, 0.6) is 11.5 Å². The fourth-order valence-corrected chi connectivity index (χ4v) is 3.08. The molecular formula is C17H19N3O4S. The first-order chi connectivity index (χ1) is 12.1. The fourth-order valence-electron chi connectivity index (χ4n) is 2.39. The maximum Gasteiger partial charge on any atom is 0.251 e. The summed E-state index contributed by atoms with van der Waals surface area (Å²) in [5, 5.41) is 3.25. The Bertz CT molecular complexity index is 822. The predicted octanol–water partition coefficient (Wildman–Crippen LogP) is 2.22. The lowest BCUT2D eigenvalue weighted by atomic mass is 10.2. The molecule has 2 aromatic rings. The number of H-pyrrole nitrogens is 1. The Labute approximate surface area is 149 Å². The molecule has 2 N–H and O–H groups in total. The number of aryl methyl sites for hydroxylation is 1. The molecule has 0 bridgehead atoms. The Balaban J connectivity index is 1.59. The quantitative estimate of drug-likeness (QED) is 0.605. The number of aromatic nitrogens is 2. The van der Waals surface area contributed by atoms with Crippen LogP contribution in [0.25, 0.3) is 0 Å². The summed E-state index contributed by atoms with van der Waals surface area (Å²) < 4.78 is 10.9. The zero-order chi connectivity index (χ0) is 17.6. The average molecular weight is 361 g/mol. The van der Waals surface area contributed by atoms with E-state index in [0.717, 1.165) is 18.5 Å². The highest BCUT2D eigenvalue weighted by Crippen LogP contribution is 2.32. The fraction of sp³-hybridized carbons (Fsp3) is 0.353. The lowest BCUT2D eigenvalue weighted by Crippen LogP contribution is -2.17. The predicted molar refractivity (Wildman–Crippen MR) is 95.6 cm³/mol. The molecule has 0 aliphatic carbocycles. The number of ether oxygens (including phenoxy) is 2. The molecule has 2 heterocycles. The van der Waals surface area contributed by atoms with E-state index in [4.69, 9.17) is 9.47 Å². The summed E-state index contributed by atoms with van der Waals surface area (Å²) in [6, 6.07) is 6.75. The zero-order valence-corrected chi connectivity index (χ0v) is 14.6. The van der Waals surface area contributed by atoms with E-state index in [1.54, 1.807) is 18.2 Å². The van der Waals surface area contributed by atoms with Gasteiger partial charge in [-0.1, -0.05) is 25.1 Å². The molecule has 8 heteroatoms. The van der Waals surface area contributed by atoms with E-state index in [1.807, 2.05) is 6.92 Å². The second-order valence-electron chi connectivity index (χ2n) is 5.49. The number of benzene rings is 1. The number of anilines is 1. The van der Waals surface area contributed by atoms with Crippen molar-refractivity contribution in [1.29, 1.82) is 0 Å².